The van der Waals surface area contributed by atoms with Crippen molar-refractivity contribution in [3.63, 3.8) is 0 Å². The summed E-state index contributed by atoms with van der Waals surface area (Å²) in [6, 6.07) is 19.8. The van der Waals surface area contributed by atoms with E-state index in [1.165, 1.54) is 10.7 Å². The molecule has 0 fully saturated rings. The van der Waals surface area contributed by atoms with Gasteiger partial charge >= 0.3 is 0 Å². The van der Waals surface area contributed by atoms with Crippen molar-refractivity contribution in [1.29, 1.82) is 0 Å². The summed E-state index contributed by atoms with van der Waals surface area (Å²) >= 11 is 0. The molecule has 1 heterocycles. The SMILES string of the molecule is COc1ccc(OC(C)C(=O)NCCn2nc(-c3ccccc3)ccc2=O)cc1. The van der Waals surface area contributed by atoms with Crippen LogP contribution in [0.2, 0.25) is 0 Å². The third kappa shape index (κ3) is 5.44. The highest BCUT2D eigenvalue weighted by Gasteiger charge is 2.14. The number of rotatable bonds is 8. The van der Waals surface area contributed by atoms with Gasteiger partial charge in [0.1, 0.15) is 11.5 Å². The van der Waals surface area contributed by atoms with Crippen molar-refractivity contribution in [2.45, 2.75) is 19.6 Å². The van der Waals surface area contributed by atoms with Gasteiger partial charge in [-0.2, -0.15) is 5.10 Å². The van der Waals surface area contributed by atoms with E-state index < -0.39 is 6.10 Å². The molecule has 3 aromatic rings. The fraction of sp³-hybridized carbons (Fsp3) is 0.227. The quantitative estimate of drug-likeness (QED) is 0.636. The molecule has 0 aliphatic heterocycles. The summed E-state index contributed by atoms with van der Waals surface area (Å²) in [7, 11) is 1.58. The summed E-state index contributed by atoms with van der Waals surface area (Å²) in [6.45, 7) is 2.20. The van der Waals surface area contributed by atoms with Crippen LogP contribution in [-0.2, 0) is 11.3 Å². The first kappa shape index (κ1) is 20.1. The molecule has 1 N–H and O–H groups in total. The fourth-order valence-corrected chi connectivity index (χ4v) is 2.71. The third-order valence-corrected chi connectivity index (χ3v) is 4.30. The molecule has 1 aromatic heterocycles. The first-order valence-corrected chi connectivity index (χ1v) is 9.29. The standard InChI is InChI=1S/C22H23N3O4/c1-16(29-19-10-8-18(28-2)9-11-19)22(27)23-14-15-25-21(26)13-12-20(24-25)17-6-4-3-5-7-17/h3-13,16H,14-15H2,1-2H3,(H,23,27). The second-order valence-electron chi connectivity index (χ2n) is 6.37. The van der Waals surface area contributed by atoms with Crippen molar-refractivity contribution < 1.29 is 14.3 Å². The van der Waals surface area contributed by atoms with Crippen molar-refractivity contribution in [3.05, 3.63) is 77.1 Å². The van der Waals surface area contributed by atoms with Gasteiger partial charge in [0.15, 0.2) is 6.10 Å². The lowest BCUT2D eigenvalue weighted by Crippen LogP contribution is -2.39. The molecule has 0 saturated carbocycles. The van der Waals surface area contributed by atoms with Crippen LogP contribution in [0, 0.1) is 0 Å². The number of nitrogens with zero attached hydrogens (tertiary/aromatic N) is 2. The van der Waals surface area contributed by atoms with Crippen LogP contribution < -0.4 is 20.3 Å². The highest BCUT2D eigenvalue weighted by Crippen LogP contribution is 2.18. The van der Waals surface area contributed by atoms with E-state index in [-0.39, 0.29) is 24.6 Å². The van der Waals surface area contributed by atoms with E-state index in [0.29, 0.717) is 17.2 Å². The van der Waals surface area contributed by atoms with Crippen LogP contribution in [0.25, 0.3) is 11.3 Å². The summed E-state index contributed by atoms with van der Waals surface area (Å²) in [5.74, 6) is 1.01. The molecule has 7 heteroatoms. The van der Waals surface area contributed by atoms with Crippen molar-refractivity contribution in [2.24, 2.45) is 0 Å². The number of methoxy groups -OCH3 is 1. The van der Waals surface area contributed by atoms with E-state index in [2.05, 4.69) is 10.4 Å². The zero-order valence-electron chi connectivity index (χ0n) is 16.4. The van der Waals surface area contributed by atoms with Crippen LogP contribution in [-0.4, -0.2) is 35.4 Å². The third-order valence-electron chi connectivity index (χ3n) is 4.30. The van der Waals surface area contributed by atoms with Gasteiger partial charge in [-0.15, -0.1) is 0 Å². The highest BCUT2D eigenvalue weighted by molar-refractivity contribution is 5.80. The van der Waals surface area contributed by atoms with Crippen molar-refractivity contribution in [2.75, 3.05) is 13.7 Å². The molecule has 29 heavy (non-hydrogen) atoms. The van der Waals surface area contributed by atoms with Gasteiger partial charge in [0.2, 0.25) is 0 Å². The average Bonchev–Trinajstić information content (AvgIpc) is 2.76. The molecule has 1 unspecified atom stereocenters. The van der Waals surface area contributed by atoms with Gasteiger partial charge in [0.05, 0.1) is 19.3 Å². The smallest absolute Gasteiger partial charge is 0.266 e. The second-order valence-corrected chi connectivity index (χ2v) is 6.37. The minimum atomic E-state index is -0.677. The number of hydrogen-bond acceptors (Lipinski definition) is 5. The van der Waals surface area contributed by atoms with Gasteiger partial charge < -0.3 is 14.8 Å². The largest absolute Gasteiger partial charge is 0.497 e. The van der Waals surface area contributed by atoms with Gasteiger partial charge in [-0.25, -0.2) is 4.68 Å². The van der Waals surface area contributed by atoms with E-state index in [1.54, 1.807) is 44.4 Å². The summed E-state index contributed by atoms with van der Waals surface area (Å²) in [4.78, 5) is 24.3. The van der Waals surface area contributed by atoms with Gasteiger partial charge in [0.25, 0.3) is 11.5 Å². The summed E-state index contributed by atoms with van der Waals surface area (Å²) in [6.07, 6.45) is -0.677. The predicted molar refractivity (Wildman–Crippen MR) is 110 cm³/mol. The minimum absolute atomic E-state index is 0.221. The Labute approximate surface area is 168 Å². The van der Waals surface area contributed by atoms with Crippen LogP contribution in [0.15, 0.2) is 71.5 Å². The molecule has 3 rings (SSSR count). The van der Waals surface area contributed by atoms with E-state index >= 15 is 0 Å². The first-order valence-electron chi connectivity index (χ1n) is 9.29. The second kappa shape index (κ2) is 9.54. The van der Waals surface area contributed by atoms with Gasteiger partial charge in [-0.3, -0.25) is 9.59 Å². The van der Waals surface area contributed by atoms with Gasteiger partial charge in [-0.1, -0.05) is 30.3 Å². The summed E-state index contributed by atoms with van der Waals surface area (Å²) in [5, 5.41) is 7.15. The van der Waals surface area contributed by atoms with E-state index in [4.69, 9.17) is 9.47 Å². The topological polar surface area (TPSA) is 82.4 Å². The van der Waals surface area contributed by atoms with Gasteiger partial charge in [0, 0.05) is 18.2 Å². The molecule has 150 valence electrons. The van der Waals surface area contributed by atoms with Crippen molar-refractivity contribution in [3.8, 4) is 22.8 Å². The Morgan fingerprint density at radius 1 is 1.03 bits per heavy atom. The minimum Gasteiger partial charge on any atom is -0.497 e. The maximum Gasteiger partial charge on any atom is 0.266 e. The number of aromatic nitrogens is 2. The van der Waals surface area contributed by atoms with Crippen LogP contribution in [0.1, 0.15) is 6.92 Å². The van der Waals surface area contributed by atoms with Crippen molar-refractivity contribution in [1.82, 2.24) is 15.1 Å². The monoisotopic (exact) mass is 393 g/mol. The van der Waals surface area contributed by atoms with Gasteiger partial charge in [-0.05, 0) is 37.3 Å². The maximum absolute atomic E-state index is 12.3. The molecular weight excluding hydrogens is 370 g/mol. The highest BCUT2D eigenvalue weighted by atomic mass is 16.5. The van der Waals surface area contributed by atoms with Crippen LogP contribution in [0.5, 0.6) is 11.5 Å². The fourth-order valence-electron chi connectivity index (χ4n) is 2.71. The number of benzene rings is 2. The molecular formula is C22H23N3O4. The lowest BCUT2D eigenvalue weighted by molar-refractivity contribution is -0.127. The number of hydrogen-bond donors (Lipinski definition) is 1. The first-order chi connectivity index (χ1) is 14.1. The molecule has 0 aliphatic rings. The lowest BCUT2D eigenvalue weighted by atomic mass is 10.1. The number of amides is 1. The van der Waals surface area contributed by atoms with E-state index in [0.717, 1.165) is 5.56 Å². The molecule has 0 radical (unpaired) electrons. The van der Waals surface area contributed by atoms with E-state index in [1.807, 2.05) is 30.3 Å². The molecule has 7 nitrogen and oxygen atoms in total. The van der Waals surface area contributed by atoms with Crippen LogP contribution in [0.3, 0.4) is 0 Å². The number of carbonyl (C=O) groups is 1. The zero-order chi connectivity index (χ0) is 20.6. The average molecular weight is 393 g/mol. The maximum atomic E-state index is 12.3. The Bertz CT molecular complexity index is 1000. The molecule has 0 spiro atoms. The number of ether oxygens (including phenoxy) is 2. The molecule has 1 atom stereocenters. The lowest BCUT2D eigenvalue weighted by Gasteiger charge is -2.15. The molecule has 0 aliphatic carbocycles. The summed E-state index contributed by atoms with van der Waals surface area (Å²) in [5.41, 5.74) is 1.40. The summed E-state index contributed by atoms with van der Waals surface area (Å²) < 4.78 is 12.1. The Kier molecular flexibility index (Phi) is 6.63. The molecule has 0 bridgehead atoms. The Morgan fingerprint density at radius 3 is 2.41 bits per heavy atom. The molecule has 0 saturated heterocycles. The molecule has 1 amide bonds. The number of nitrogens with one attached hydrogen (secondary N) is 1. The van der Waals surface area contributed by atoms with Crippen LogP contribution >= 0.6 is 0 Å². The Hall–Kier alpha value is -3.61. The van der Waals surface area contributed by atoms with Crippen molar-refractivity contribution >= 4 is 5.91 Å². The van der Waals surface area contributed by atoms with Crippen LogP contribution in [0.4, 0.5) is 0 Å². The molecule has 2 aromatic carbocycles. The predicted octanol–water partition coefficient (Wildman–Crippen LogP) is 2.50. The van der Waals surface area contributed by atoms with E-state index in [9.17, 15) is 9.59 Å². The Balaban J connectivity index is 1.55. The zero-order valence-corrected chi connectivity index (χ0v) is 16.4. The normalized spacial score (nSPS) is 11.5. The number of carbonyl (C=O) groups excluding carboxylic acids is 1. The Morgan fingerprint density at radius 2 is 1.72 bits per heavy atom.